The Morgan fingerprint density at radius 1 is 1.43 bits per heavy atom. The highest BCUT2D eigenvalue weighted by Crippen LogP contribution is 2.27. The van der Waals surface area contributed by atoms with Gasteiger partial charge in [0, 0.05) is 6.54 Å². The predicted molar refractivity (Wildman–Crippen MR) is 52.0 cm³/mol. The van der Waals surface area contributed by atoms with E-state index in [1.165, 1.54) is 0 Å². The van der Waals surface area contributed by atoms with Crippen LogP contribution in [0.15, 0.2) is 36.0 Å². The Morgan fingerprint density at radius 3 is 2.29 bits per heavy atom. The second-order valence-corrected chi connectivity index (χ2v) is 2.70. The van der Waals surface area contributed by atoms with E-state index in [-0.39, 0.29) is 0 Å². The molecule has 0 aliphatic rings. The minimum atomic E-state index is -4.33. The molecule has 1 N–H and O–H groups in total. The summed E-state index contributed by atoms with van der Waals surface area (Å²) in [7, 11) is 1.68. The van der Waals surface area contributed by atoms with Gasteiger partial charge in [-0.1, -0.05) is 18.7 Å². The first kappa shape index (κ1) is 13.0. The van der Waals surface area contributed by atoms with Crippen molar-refractivity contribution >= 4 is 0 Å². The highest BCUT2D eigenvalue weighted by Gasteiger charge is 2.31. The van der Waals surface area contributed by atoms with Crippen molar-refractivity contribution in [2.24, 2.45) is 0 Å². The minimum Gasteiger partial charge on any atom is -0.316 e. The summed E-state index contributed by atoms with van der Waals surface area (Å²) in [6.45, 7) is 5.24. The number of nitrogens with one attached hydrogen (secondary N) is 1. The summed E-state index contributed by atoms with van der Waals surface area (Å²) in [4.78, 5) is 0. The van der Waals surface area contributed by atoms with Crippen molar-refractivity contribution in [1.29, 1.82) is 0 Å². The molecule has 0 saturated heterocycles. The molecule has 0 saturated carbocycles. The quantitative estimate of drug-likeness (QED) is 0.696. The average Bonchev–Trinajstić information content (AvgIpc) is 2.10. The predicted octanol–water partition coefficient (Wildman–Crippen LogP) is 2.83. The van der Waals surface area contributed by atoms with Gasteiger partial charge in [-0.15, -0.1) is 0 Å². The Morgan fingerprint density at radius 2 is 2.00 bits per heavy atom. The highest BCUT2D eigenvalue weighted by molar-refractivity contribution is 5.32. The minimum absolute atomic E-state index is 0.407. The van der Waals surface area contributed by atoms with Crippen LogP contribution in [-0.2, 0) is 0 Å². The summed E-state index contributed by atoms with van der Waals surface area (Å²) in [5.41, 5.74) is -0.138. The molecule has 0 radical (unpaired) electrons. The number of alkyl halides is 3. The first-order valence-electron chi connectivity index (χ1n) is 4.16. The molecule has 0 atom stereocenters. The largest absolute Gasteiger partial charge is 0.416 e. The molecule has 0 aromatic carbocycles. The van der Waals surface area contributed by atoms with Crippen molar-refractivity contribution in [2.75, 3.05) is 13.6 Å². The second kappa shape index (κ2) is 5.65. The van der Waals surface area contributed by atoms with Gasteiger partial charge in [0.1, 0.15) is 0 Å². The van der Waals surface area contributed by atoms with Crippen LogP contribution in [0.4, 0.5) is 13.2 Å². The van der Waals surface area contributed by atoms with Crippen molar-refractivity contribution in [3.63, 3.8) is 0 Å². The van der Waals surface area contributed by atoms with Gasteiger partial charge in [-0.2, -0.15) is 13.2 Å². The molecule has 4 heteroatoms. The van der Waals surface area contributed by atoms with Crippen LogP contribution < -0.4 is 5.32 Å². The topological polar surface area (TPSA) is 12.0 Å². The Hall–Kier alpha value is -1.03. The van der Waals surface area contributed by atoms with E-state index in [9.17, 15) is 13.2 Å². The average molecular weight is 205 g/mol. The highest BCUT2D eigenvalue weighted by atomic mass is 19.4. The molecule has 1 nitrogen and oxygen atoms in total. The molecule has 0 bridgehead atoms. The summed E-state index contributed by atoms with van der Waals surface area (Å²) in [5.74, 6) is 0. The van der Waals surface area contributed by atoms with Crippen LogP contribution in [0.1, 0.15) is 6.92 Å². The van der Waals surface area contributed by atoms with Gasteiger partial charge in [0.2, 0.25) is 0 Å². The molecule has 0 aliphatic carbocycles. The molecule has 14 heavy (non-hydrogen) atoms. The van der Waals surface area contributed by atoms with Gasteiger partial charge < -0.3 is 5.32 Å². The zero-order valence-electron chi connectivity index (χ0n) is 8.28. The lowest BCUT2D eigenvalue weighted by Gasteiger charge is -2.08. The van der Waals surface area contributed by atoms with Crippen molar-refractivity contribution in [3.05, 3.63) is 36.0 Å². The van der Waals surface area contributed by atoms with Crippen molar-refractivity contribution in [3.8, 4) is 0 Å². The van der Waals surface area contributed by atoms with E-state index in [1.54, 1.807) is 20.0 Å². The first-order valence-corrected chi connectivity index (χ1v) is 4.16. The van der Waals surface area contributed by atoms with Crippen LogP contribution in [0.3, 0.4) is 0 Å². The van der Waals surface area contributed by atoms with Crippen LogP contribution in [0, 0.1) is 0 Å². The maximum absolute atomic E-state index is 12.3. The van der Waals surface area contributed by atoms with Crippen LogP contribution in [-0.4, -0.2) is 19.8 Å². The van der Waals surface area contributed by atoms with E-state index < -0.39 is 11.7 Å². The van der Waals surface area contributed by atoms with Crippen molar-refractivity contribution in [1.82, 2.24) is 5.32 Å². The first-order chi connectivity index (χ1) is 6.45. The molecule has 0 heterocycles. The summed E-state index contributed by atoms with van der Waals surface area (Å²) in [6.07, 6.45) is -0.794. The number of halogens is 3. The van der Waals surface area contributed by atoms with Gasteiger partial charge in [-0.3, -0.25) is 0 Å². The number of hydrogen-bond acceptors (Lipinski definition) is 1. The van der Waals surface area contributed by atoms with E-state index in [1.807, 2.05) is 0 Å². The maximum atomic E-state index is 12.3. The summed E-state index contributed by atoms with van der Waals surface area (Å²) < 4.78 is 36.8. The Labute approximate surface area is 82.0 Å². The van der Waals surface area contributed by atoms with Gasteiger partial charge in [0.05, 0.1) is 5.57 Å². The van der Waals surface area contributed by atoms with Gasteiger partial charge in [-0.05, 0) is 25.6 Å². The number of likely N-dealkylation sites (N-methyl/N-ethyl adjacent to an activating group) is 1. The van der Waals surface area contributed by atoms with E-state index in [0.717, 1.165) is 12.2 Å². The van der Waals surface area contributed by atoms with Gasteiger partial charge in [-0.25, -0.2) is 0 Å². The molecule has 0 fully saturated rings. The van der Waals surface area contributed by atoms with E-state index in [2.05, 4.69) is 11.9 Å². The Balaban J connectivity index is 4.83. The second-order valence-electron chi connectivity index (χ2n) is 2.70. The van der Waals surface area contributed by atoms with E-state index in [4.69, 9.17) is 0 Å². The normalized spacial score (nSPS) is 14.4. The monoisotopic (exact) mass is 205 g/mol. The molecule has 0 aromatic rings. The molecule has 0 spiro atoms. The fraction of sp³-hybridized carbons (Fsp3) is 0.400. The zero-order valence-corrected chi connectivity index (χ0v) is 8.28. The third-order valence-corrected chi connectivity index (χ3v) is 1.64. The Bertz CT molecular complexity index is 249. The van der Waals surface area contributed by atoms with Crippen LogP contribution in [0.5, 0.6) is 0 Å². The standard InChI is InChI=1S/C10H14F3N/c1-4-8(7-14-3)6-9(5-2)10(11,12)13/h4-6,14H,2,7H2,1,3H3/b8-4+,9-6+. The van der Waals surface area contributed by atoms with E-state index >= 15 is 0 Å². The van der Waals surface area contributed by atoms with Crippen molar-refractivity contribution < 1.29 is 13.2 Å². The third-order valence-electron chi connectivity index (χ3n) is 1.64. The number of hydrogen-bond donors (Lipinski definition) is 1. The lowest BCUT2D eigenvalue weighted by Crippen LogP contribution is -2.13. The zero-order chi connectivity index (χ0) is 11.2. The summed E-state index contributed by atoms with van der Waals surface area (Å²) >= 11 is 0. The van der Waals surface area contributed by atoms with Crippen LogP contribution in [0.25, 0.3) is 0 Å². The van der Waals surface area contributed by atoms with Crippen molar-refractivity contribution in [2.45, 2.75) is 13.1 Å². The van der Waals surface area contributed by atoms with Gasteiger partial charge in [0.15, 0.2) is 0 Å². The molecule has 0 unspecified atom stereocenters. The SMILES string of the molecule is C=C/C(=C\C(=C/C)CNC)C(F)(F)F. The maximum Gasteiger partial charge on any atom is 0.416 e. The number of allylic oxidation sites excluding steroid dienone is 3. The summed E-state index contributed by atoms with van der Waals surface area (Å²) in [5, 5.41) is 2.79. The fourth-order valence-corrected chi connectivity index (χ4v) is 0.897. The van der Waals surface area contributed by atoms with Crippen LogP contribution >= 0.6 is 0 Å². The molecular weight excluding hydrogens is 191 g/mol. The smallest absolute Gasteiger partial charge is 0.316 e. The molecule has 0 rings (SSSR count). The van der Waals surface area contributed by atoms with Gasteiger partial charge >= 0.3 is 6.18 Å². The molecule has 0 aromatic heterocycles. The third kappa shape index (κ3) is 4.28. The molecular formula is C10H14F3N. The number of rotatable bonds is 4. The lowest BCUT2D eigenvalue weighted by molar-refractivity contribution is -0.0882. The van der Waals surface area contributed by atoms with Gasteiger partial charge in [0.25, 0.3) is 0 Å². The lowest BCUT2D eigenvalue weighted by atomic mass is 10.1. The summed E-state index contributed by atoms with van der Waals surface area (Å²) in [6, 6.07) is 0. The molecule has 0 aliphatic heterocycles. The van der Waals surface area contributed by atoms with Crippen LogP contribution in [0.2, 0.25) is 0 Å². The van der Waals surface area contributed by atoms with E-state index in [0.29, 0.717) is 12.1 Å². The molecule has 80 valence electrons. The fourth-order valence-electron chi connectivity index (χ4n) is 0.897. The molecule has 0 amide bonds. The Kier molecular flexibility index (Phi) is 5.23.